The minimum Gasteiger partial charge on any atom is -0.361 e. The molecule has 3 saturated heterocycles. The first-order valence-electron chi connectivity index (χ1n) is 16.1. The van der Waals surface area contributed by atoms with Gasteiger partial charge in [-0.25, -0.2) is 0 Å². The summed E-state index contributed by atoms with van der Waals surface area (Å²) in [5.41, 5.74) is 3.59. The zero-order chi connectivity index (χ0) is 31.2. The fraction of sp³-hybridized carbons (Fsp3) is 0.457. The van der Waals surface area contributed by atoms with Crippen molar-refractivity contribution in [1.29, 1.82) is 0 Å². The number of nitrogens with one attached hydrogen (secondary N) is 2. The lowest BCUT2D eigenvalue weighted by Crippen LogP contribution is -2.71. The summed E-state index contributed by atoms with van der Waals surface area (Å²) >= 11 is 0. The summed E-state index contributed by atoms with van der Waals surface area (Å²) in [7, 11) is 2.03. The monoisotopic (exact) mass is 609 g/mol. The van der Waals surface area contributed by atoms with Crippen molar-refractivity contribution < 1.29 is 24.2 Å². The second kappa shape index (κ2) is 10.0. The van der Waals surface area contributed by atoms with Gasteiger partial charge in [0, 0.05) is 48.6 Å². The fourth-order valence-electron chi connectivity index (χ4n) is 8.47. The van der Waals surface area contributed by atoms with Crippen LogP contribution in [-0.2, 0) is 32.0 Å². The molecule has 3 N–H and O–H groups in total. The van der Waals surface area contributed by atoms with E-state index in [1.165, 1.54) is 15.8 Å². The number of fused-ring (bicyclic) bond motifs is 5. The predicted molar refractivity (Wildman–Crippen MR) is 167 cm³/mol. The number of aliphatic hydroxyl groups is 1. The first kappa shape index (κ1) is 28.5. The van der Waals surface area contributed by atoms with E-state index in [1.54, 1.807) is 18.7 Å². The molecule has 234 valence electrons. The van der Waals surface area contributed by atoms with Gasteiger partial charge in [0.2, 0.25) is 17.5 Å². The van der Waals surface area contributed by atoms with E-state index in [-0.39, 0.29) is 24.3 Å². The number of hydrogen-bond donors (Lipinski definition) is 3. The van der Waals surface area contributed by atoms with Crippen LogP contribution >= 0.6 is 0 Å². The smallest absolute Gasteiger partial charge is 0.281 e. The number of hydrogen-bond acceptors (Lipinski definition) is 6. The maximum atomic E-state index is 14.6. The molecule has 10 nitrogen and oxygen atoms in total. The van der Waals surface area contributed by atoms with Gasteiger partial charge >= 0.3 is 0 Å². The van der Waals surface area contributed by atoms with Crippen LogP contribution in [0, 0.1) is 11.8 Å². The standard InChI is InChI=1S/C35H39N5O5/c1-20(2)34(37-31(41)23-16-25-24-11-7-12-26-30(24)22(18-36-26)17-27(25)38(3)19-23)33(43)40-28(15-21-9-5-4-6-10-21)32(42)39-14-8-13-29(39)35(40,44)45-34/h4-7,9-12,16,18,20,23,27-29,36,44H,8,13-15,17,19H2,1-3H3,(H,37,41)/t23?,27?,28-,29-,34+,35?/m0/s1. The normalized spacial score (nSPS) is 32.5. The number of ether oxygens (including phenoxy) is 1. The quantitative estimate of drug-likeness (QED) is 0.410. The molecule has 8 rings (SSSR count). The Hall–Kier alpha value is -3.99. The lowest BCUT2D eigenvalue weighted by molar-refractivity contribution is -0.321. The molecule has 5 aliphatic rings. The number of carbonyl (C=O) groups excluding carboxylic acids is 3. The van der Waals surface area contributed by atoms with Crippen molar-refractivity contribution >= 4 is 34.2 Å². The Morgan fingerprint density at radius 3 is 2.73 bits per heavy atom. The number of amides is 3. The summed E-state index contributed by atoms with van der Waals surface area (Å²) in [5.74, 6) is -4.27. The van der Waals surface area contributed by atoms with E-state index in [9.17, 15) is 19.5 Å². The first-order chi connectivity index (χ1) is 21.6. The number of piperazine rings is 1. The average molecular weight is 610 g/mol. The van der Waals surface area contributed by atoms with Gasteiger partial charge in [-0.15, -0.1) is 0 Å². The maximum absolute atomic E-state index is 14.6. The molecule has 45 heavy (non-hydrogen) atoms. The molecule has 3 unspecified atom stereocenters. The summed E-state index contributed by atoms with van der Waals surface area (Å²) in [4.78, 5) is 51.2. The molecule has 0 radical (unpaired) electrons. The molecular formula is C35H39N5O5. The molecule has 1 aromatic heterocycles. The van der Waals surface area contributed by atoms with Crippen molar-refractivity contribution in [2.24, 2.45) is 11.8 Å². The van der Waals surface area contributed by atoms with Gasteiger partial charge in [0.1, 0.15) is 12.1 Å². The number of aromatic nitrogens is 1. The van der Waals surface area contributed by atoms with E-state index in [0.717, 1.165) is 28.6 Å². The van der Waals surface area contributed by atoms with Crippen LogP contribution in [0.15, 0.2) is 60.8 Å². The number of aromatic amines is 1. The number of nitrogens with zero attached hydrogens (tertiary/aromatic N) is 3. The highest BCUT2D eigenvalue weighted by molar-refractivity contribution is 6.01. The van der Waals surface area contributed by atoms with Crippen molar-refractivity contribution in [2.45, 2.75) is 69.3 Å². The second-order valence-corrected chi connectivity index (χ2v) is 13.6. The van der Waals surface area contributed by atoms with Crippen LogP contribution in [0.3, 0.4) is 0 Å². The fourth-order valence-corrected chi connectivity index (χ4v) is 8.47. The first-order valence-corrected chi connectivity index (χ1v) is 16.1. The zero-order valence-electron chi connectivity index (χ0n) is 25.8. The van der Waals surface area contributed by atoms with Gasteiger partial charge in [-0.1, -0.05) is 62.4 Å². The molecule has 0 bridgehead atoms. The topological polar surface area (TPSA) is 118 Å². The minimum absolute atomic E-state index is 0.138. The van der Waals surface area contributed by atoms with Gasteiger partial charge < -0.3 is 20.3 Å². The van der Waals surface area contributed by atoms with Gasteiger partial charge in [0.15, 0.2) is 0 Å². The van der Waals surface area contributed by atoms with Crippen molar-refractivity contribution in [3.63, 3.8) is 0 Å². The Kier molecular flexibility index (Phi) is 6.33. The van der Waals surface area contributed by atoms with Crippen LogP contribution in [0.5, 0.6) is 0 Å². The Morgan fingerprint density at radius 1 is 1.16 bits per heavy atom. The molecule has 3 amide bonds. The highest BCUT2D eigenvalue weighted by Crippen LogP contribution is 2.48. The van der Waals surface area contributed by atoms with Gasteiger partial charge in [-0.2, -0.15) is 0 Å². The van der Waals surface area contributed by atoms with Crippen LogP contribution in [-0.4, -0.2) is 92.4 Å². The zero-order valence-corrected chi connectivity index (χ0v) is 25.8. The van der Waals surface area contributed by atoms with E-state index in [0.29, 0.717) is 25.9 Å². The Labute approximate surface area is 262 Å². The number of likely N-dealkylation sites (N-methyl/N-ethyl adjacent to an activating group) is 1. The van der Waals surface area contributed by atoms with Crippen molar-refractivity contribution in [3.8, 4) is 0 Å². The van der Waals surface area contributed by atoms with Crippen LogP contribution < -0.4 is 5.32 Å². The van der Waals surface area contributed by atoms with Crippen molar-refractivity contribution in [3.05, 3.63) is 77.5 Å². The highest BCUT2D eigenvalue weighted by Gasteiger charge is 2.72. The van der Waals surface area contributed by atoms with E-state index in [2.05, 4.69) is 33.5 Å². The molecule has 1 aliphatic carbocycles. The Balaban J connectivity index is 1.15. The molecule has 10 heteroatoms. The van der Waals surface area contributed by atoms with Gasteiger partial charge in [0.25, 0.3) is 11.8 Å². The van der Waals surface area contributed by atoms with Crippen LogP contribution in [0.2, 0.25) is 0 Å². The number of carbonyl (C=O) groups is 3. The SMILES string of the molecule is CC(C)[C@@]1(NC(=O)C2C=C3c4cccc5[nH]cc(c45)CC3N(C)C2)OC2(O)[C@@H]3CCCN3C(=O)[C@H](Cc3ccccc3)N2C1=O. The van der Waals surface area contributed by atoms with Gasteiger partial charge in [-0.3, -0.25) is 28.9 Å². The maximum Gasteiger partial charge on any atom is 0.281 e. The molecule has 0 spiro atoms. The average Bonchev–Trinajstić information content (AvgIpc) is 3.74. The number of rotatable bonds is 5. The molecular weight excluding hydrogens is 570 g/mol. The van der Waals surface area contributed by atoms with E-state index < -0.39 is 41.5 Å². The lowest BCUT2D eigenvalue weighted by Gasteiger charge is -2.48. The minimum atomic E-state index is -2.06. The van der Waals surface area contributed by atoms with E-state index in [4.69, 9.17) is 4.74 Å². The molecule has 4 aliphatic heterocycles. The third kappa shape index (κ3) is 4.01. The molecule has 5 heterocycles. The second-order valence-electron chi connectivity index (χ2n) is 13.6. The summed E-state index contributed by atoms with van der Waals surface area (Å²) in [6, 6.07) is 14.2. The molecule has 3 aromatic rings. The summed E-state index contributed by atoms with van der Waals surface area (Å²) < 4.78 is 6.49. The summed E-state index contributed by atoms with van der Waals surface area (Å²) in [6.07, 6.45) is 6.40. The van der Waals surface area contributed by atoms with Gasteiger partial charge in [0.05, 0.1) is 5.92 Å². The van der Waals surface area contributed by atoms with Crippen LogP contribution in [0.4, 0.5) is 0 Å². The third-order valence-corrected chi connectivity index (χ3v) is 10.8. The summed E-state index contributed by atoms with van der Waals surface area (Å²) in [5, 5.41) is 16.5. The van der Waals surface area contributed by atoms with E-state index >= 15 is 0 Å². The van der Waals surface area contributed by atoms with Gasteiger partial charge in [-0.05, 0) is 54.6 Å². The summed E-state index contributed by atoms with van der Waals surface area (Å²) in [6.45, 7) is 4.56. The largest absolute Gasteiger partial charge is 0.361 e. The van der Waals surface area contributed by atoms with Crippen molar-refractivity contribution in [2.75, 3.05) is 20.1 Å². The molecule has 0 saturated carbocycles. The number of H-pyrrole nitrogens is 1. The Bertz CT molecular complexity index is 1750. The predicted octanol–water partition coefficient (Wildman–Crippen LogP) is 2.63. The van der Waals surface area contributed by atoms with Crippen LogP contribution in [0.1, 0.15) is 43.4 Å². The van der Waals surface area contributed by atoms with Crippen LogP contribution in [0.25, 0.3) is 16.5 Å². The molecule has 2 aromatic carbocycles. The van der Waals surface area contributed by atoms with E-state index in [1.807, 2.05) is 49.5 Å². The van der Waals surface area contributed by atoms with Crippen molar-refractivity contribution in [1.82, 2.24) is 25.0 Å². The third-order valence-electron chi connectivity index (χ3n) is 10.8. The highest BCUT2D eigenvalue weighted by atomic mass is 16.7. The Morgan fingerprint density at radius 2 is 1.96 bits per heavy atom. The lowest BCUT2D eigenvalue weighted by atomic mass is 9.79. The molecule has 3 fully saturated rings. The number of benzene rings is 2. The molecule has 6 atom stereocenters.